The largest absolute Gasteiger partial charge is 0.487 e. The minimum atomic E-state index is -0.349. The van der Waals surface area contributed by atoms with Crippen molar-refractivity contribution >= 4 is 5.91 Å². The molecule has 2 aromatic heterocycles. The van der Waals surface area contributed by atoms with E-state index in [1.54, 1.807) is 10.7 Å². The molecule has 140 valence electrons. The molecule has 1 atom stereocenters. The molecule has 1 aliphatic rings. The van der Waals surface area contributed by atoms with Crippen LogP contribution in [0.2, 0.25) is 0 Å². The van der Waals surface area contributed by atoms with E-state index in [9.17, 15) is 4.79 Å². The van der Waals surface area contributed by atoms with Gasteiger partial charge in [-0.2, -0.15) is 10.2 Å². The number of H-pyrrole nitrogens is 1. The van der Waals surface area contributed by atoms with Gasteiger partial charge in [0.1, 0.15) is 17.0 Å². The average molecular weight is 365 g/mol. The second kappa shape index (κ2) is 6.26. The summed E-state index contributed by atoms with van der Waals surface area (Å²) in [6, 6.07) is 9.47. The van der Waals surface area contributed by atoms with Gasteiger partial charge < -0.3 is 10.1 Å². The lowest BCUT2D eigenvalue weighted by Gasteiger charge is -2.37. The summed E-state index contributed by atoms with van der Waals surface area (Å²) in [7, 11) is 1.86. The van der Waals surface area contributed by atoms with Gasteiger partial charge in [-0.15, -0.1) is 0 Å². The Balaban J connectivity index is 1.57. The number of benzene rings is 1. The second-order valence-corrected chi connectivity index (χ2v) is 7.60. The highest BCUT2D eigenvalue weighted by molar-refractivity contribution is 5.93. The van der Waals surface area contributed by atoms with Gasteiger partial charge in [-0.25, -0.2) is 0 Å². The lowest BCUT2D eigenvalue weighted by molar-refractivity contribution is 0.0618. The van der Waals surface area contributed by atoms with Gasteiger partial charge >= 0.3 is 0 Å². The molecule has 0 unspecified atom stereocenters. The molecule has 1 aromatic carbocycles. The van der Waals surface area contributed by atoms with Crippen molar-refractivity contribution in [3.05, 3.63) is 53.5 Å². The number of para-hydroxylation sites is 1. The fourth-order valence-electron chi connectivity index (χ4n) is 3.59. The molecule has 3 heterocycles. The summed E-state index contributed by atoms with van der Waals surface area (Å²) in [5.74, 6) is 0.628. The number of hydrogen-bond donors (Lipinski definition) is 2. The van der Waals surface area contributed by atoms with Crippen LogP contribution < -0.4 is 10.1 Å². The first-order chi connectivity index (χ1) is 12.8. The molecule has 7 nitrogen and oxygen atoms in total. The molecule has 4 rings (SSSR count). The second-order valence-electron chi connectivity index (χ2n) is 7.60. The Morgan fingerprint density at radius 3 is 2.89 bits per heavy atom. The molecule has 1 amide bonds. The summed E-state index contributed by atoms with van der Waals surface area (Å²) >= 11 is 0. The first-order valence-corrected chi connectivity index (χ1v) is 8.97. The van der Waals surface area contributed by atoms with Gasteiger partial charge in [0.25, 0.3) is 5.91 Å². The van der Waals surface area contributed by atoms with Crippen LogP contribution in [0.5, 0.6) is 5.75 Å². The molecule has 0 aliphatic carbocycles. The predicted octanol–water partition coefficient (Wildman–Crippen LogP) is 3.15. The maximum Gasteiger partial charge on any atom is 0.269 e. The summed E-state index contributed by atoms with van der Waals surface area (Å²) in [6.07, 6.45) is 2.59. The molecule has 7 heteroatoms. The maximum absolute atomic E-state index is 12.8. The van der Waals surface area contributed by atoms with Crippen molar-refractivity contribution < 1.29 is 9.53 Å². The van der Waals surface area contributed by atoms with E-state index in [2.05, 4.69) is 20.6 Å². The van der Waals surface area contributed by atoms with Crippen molar-refractivity contribution in [3.8, 4) is 17.0 Å². The van der Waals surface area contributed by atoms with Gasteiger partial charge in [-0.1, -0.05) is 18.2 Å². The fraction of sp³-hybridized carbons (Fsp3) is 0.350. The van der Waals surface area contributed by atoms with Gasteiger partial charge in [0.15, 0.2) is 0 Å². The molecule has 2 N–H and O–H groups in total. The van der Waals surface area contributed by atoms with E-state index >= 15 is 0 Å². The Hall–Kier alpha value is -3.09. The molecule has 0 radical (unpaired) electrons. The monoisotopic (exact) mass is 365 g/mol. The summed E-state index contributed by atoms with van der Waals surface area (Å²) in [4.78, 5) is 12.8. The molecule has 3 aromatic rings. The van der Waals surface area contributed by atoms with Gasteiger partial charge in [0.2, 0.25) is 0 Å². The number of carbonyl (C=O) groups excluding carboxylic acids is 1. The van der Waals surface area contributed by atoms with Crippen LogP contribution >= 0.6 is 0 Å². The van der Waals surface area contributed by atoms with Crippen molar-refractivity contribution in [2.24, 2.45) is 7.05 Å². The third kappa shape index (κ3) is 3.32. The van der Waals surface area contributed by atoms with E-state index in [4.69, 9.17) is 4.74 Å². The van der Waals surface area contributed by atoms with Crippen molar-refractivity contribution in [3.63, 3.8) is 0 Å². The summed E-state index contributed by atoms with van der Waals surface area (Å²) in [5, 5.41) is 14.6. The zero-order valence-corrected chi connectivity index (χ0v) is 15.9. The molecule has 0 spiro atoms. The highest BCUT2D eigenvalue weighted by Crippen LogP contribution is 2.39. The van der Waals surface area contributed by atoms with Gasteiger partial charge in [0, 0.05) is 30.8 Å². The predicted molar refractivity (Wildman–Crippen MR) is 101 cm³/mol. The van der Waals surface area contributed by atoms with Gasteiger partial charge in [-0.3, -0.25) is 14.6 Å². The minimum absolute atomic E-state index is 0.121. The van der Waals surface area contributed by atoms with Crippen molar-refractivity contribution in [2.75, 3.05) is 0 Å². The van der Waals surface area contributed by atoms with Crippen molar-refractivity contribution in [1.29, 1.82) is 0 Å². The van der Waals surface area contributed by atoms with Gasteiger partial charge in [0.05, 0.1) is 17.4 Å². The topological polar surface area (TPSA) is 84.8 Å². The number of carbonyl (C=O) groups is 1. The van der Waals surface area contributed by atoms with Crippen LogP contribution in [0.25, 0.3) is 11.3 Å². The van der Waals surface area contributed by atoms with Gasteiger partial charge in [-0.05, 0) is 32.9 Å². The Morgan fingerprint density at radius 1 is 1.37 bits per heavy atom. The number of nitrogens with zero attached hydrogens (tertiary/aromatic N) is 3. The van der Waals surface area contributed by atoms with E-state index < -0.39 is 0 Å². The van der Waals surface area contributed by atoms with E-state index in [1.165, 1.54) is 0 Å². The molecule has 0 fully saturated rings. The van der Waals surface area contributed by atoms with Crippen LogP contribution in [0.15, 0.2) is 36.5 Å². The lowest BCUT2D eigenvalue weighted by atomic mass is 9.89. The third-order valence-electron chi connectivity index (χ3n) is 4.79. The Kier molecular flexibility index (Phi) is 4.02. The molecular formula is C20H23N5O2. The zero-order chi connectivity index (χ0) is 19.2. The van der Waals surface area contributed by atoms with E-state index in [0.717, 1.165) is 22.6 Å². The Morgan fingerprint density at radius 2 is 2.15 bits per heavy atom. The van der Waals surface area contributed by atoms with Crippen molar-refractivity contribution in [1.82, 2.24) is 25.3 Å². The van der Waals surface area contributed by atoms with E-state index in [0.29, 0.717) is 17.8 Å². The maximum atomic E-state index is 12.8. The number of nitrogens with one attached hydrogen (secondary N) is 2. The zero-order valence-electron chi connectivity index (χ0n) is 15.9. The number of aryl methyl sites for hydroxylation is 2. The quantitative estimate of drug-likeness (QED) is 0.747. The molecule has 0 saturated heterocycles. The molecule has 0 bridgehead atoms. The number of fused-ring (bicyclic) bond motifs is 1. The Labute approximate surface area is 157 Å². The summed E-state index contributed by atoms with van der Waals surface area (Å²) < 4.78 is 7.77. The number of aromatic amines is 1. The average Bonchev–Trinajstić information content (AvgIpc) is 3.20. The third-order valence-corrected chi connectivity index (χ3v) is 4.79. The highest BCUT2D eigenvalue weighted by atomic mass is 16.5. The van der Waals surface area contributed by atoms with E-state index in [1.807, 2.05) is 58.3 Å². The number of rotatable bonds is 3. The summed E-state index contributed by atoms with van der Waals surface area (Å²) in [5.41, 5.74) is 3.56. The van der Waals surface area contributed by atoms with Crippen LogP contribution in [-0.4, -0.2) is 31.5 Å². The first kappa shape index (κ1) is 17.3. The lowest BCUT2D eigenvalue weighted by Crippen LogP contribution is -2.41. The number of amides is 1. The van der Waals surface area contributed by atoms with Crippen LogP contribution in [0, 0.1) is 6.92 Å². The smallest absolute Gasteiger partial charge is 0.269 e. The van der Waals surface area contributed by atoms with Crippen LogP contribution in [0.1, 0.15) is 48.1 Å². The minimum Gasteiger partial charge on any atom is -0.487 e. The fourth-order valence-corrected chi connectivity index (χ4v) is 3.59. The Bertz CT molecular complexity index is 1000. The number of aromatic nitrogens is 4. The van der Waals surface area contributed by atoms with Crippen LogP contribution in [0.4, 0.5) is 0 Å². The molecular weight excluding hydrogens is 342 g/mol. The highest BCUT2D eigenvalue weighted by Gasteiger charge is 2.34. The summed E-state index contributed by atoms with van der Waals surface area (Å²) in [6.45, 7) is 5.98. The standard InChI is InChI=1S/C20H23N5O2/c1-12-14(11-25(4)24-12)15-9-16(23-22-15)19(26)21-17-10-20(2,3)27-18-8-6-5-7-13(17)18/h5-9,11,17H,10H2,1-4H3,(H,21,26)(H,22,23)/t17-/m0/s1. The first-order valence-electron chi connectivity index (χ1n) is 8.97. The molecule has 1 aliphatic heterocycles. The molecule has 0 saturated carbocycles. The number of hydrogen-bond acceptors (Lipinski definition) is 4. The number of ether oxygens (including phenoxy) is 1. The SMILES string of the molecule is Cc1nn(C)cc1-c1cc(C(=O)N[C@H]2CC(C)(C)Oc3ccccc32)[nH]n1. The van der Waals surface area contributed by atoms with E-state index in [-0.39, 0.29) is 17.6 Å². The van der Waals surface area contributed by atoms with Crippen molar-refractivity contribution in [2.45, 2.75) is 38.8 Å². The van der Waals surface area contributed by atoms with Crippen LogP contribution in [0.3, 0.4) is 0 Å². The normalized spacial score (nSPS) is 17.9. The van der Waals surface area contributed by atoms with Crippen LogP contribution in [-0.2, 0) is 7.05 Å². The molecule has 27 heavy (non-hydrogen) atoms.